The number of H-pyrrole nitrogens is 1. The van der Waals surface area contributed by atoms with Crippen LogP contribution in [0.5, 0.6) is 0 Å². The maximum atomic E-state index is 4.56. The number of aromatic amines is 1. The van der Waals surface area contributed by atoms with Crippen molar-refractivity contribution in [3.8, 4) is 11.5 Å². The highest BCUT2D eigenvalue weighted by molar-refractivity contribution is 7.09. The van der Waals surface area contributed by atoms with Crippen molar-refractivity contribution in [1.29, 1.82) is 0 Å². The lowest BCUT2D eigenvalue weighted by Crippen LogP contribution is -2.54. The zero-order valence-corrected chi connectivity index (χ0v) is 12.2. The molecule has 2 N–H and O–H groups in total. The van der Waals surface area contributed by atoms with Gasteiger partial charge in [-0.25, -0.2) is 4.98 Å². The molecule has 0 aliphatic carbocycles. The maximum Gasteiger partial charge on any atom is 0.245 e. The van der Waals surface area contributed by atoms with E-state index in [2.05, 4.69) is 44.2 Å². The highest BCUT2D eigenvalue weighted by Gasteiger charge is 2.24. The van der Waals surface area contributed by atoms with Crippen LogP contribution in [0.1, 0.15) is 18.9 Å². The normalized spacial score (nSPS) is 23.8. The second kappa shape index (κ2) is 4.90. The minimum absolute atomic E-state index is 0.451. The van der Waals surface area contributed by atoms with Crippen LogP contribution in [0, 0.1) is 6.92 Å². The van der Waals surface area contributed by atoms with Gasteiger partial charge in [-0.15, -0.1) is 16.4 Å². The Balaban J connectivity index is 1.81. The van der Waals surface area contributed by atoms with Crippen LogP contribution in [0.25, 0.3) is 11.5 Å². The topological polar surface area (TPSA) is 69.7 Å². The lowest BCUT2D eigenvalue weighted by molar-refractivity contribution is 0.403. The van der Waals surface area contributed by atoms with Crippen LogP contribution in [0.15, 0.2) is 5.38 Å². The van der Waals surface area contributed by atoms with Crippen LogP contribution in [0.3, 0.4) is 0 Å². The average molecular weight is 278 g/mol. The molecular formula is C12H18N6S. The Morgan fingerprint density at radius 3 is 2.63 bits per heavy atom. The quantitative estimate of drug-likeness (QED) is 0.869. The van der Waals surface area contributed by atoms with Crippen molar-refractivity contribution in [2.45, 2.75) is 32.9 Å². The van der Waals surface area contributed by atoms with E-state index in [1.165, 1.54) is 0 Å². The second-order valence-electron chi connectivity index (χ2n) is 5.11. The minimum Gasteiger partial charge on any atom is -0.336 e. The highest BCUT2D eigenvalue weighted by Crippen LogP contribution is 2.20. The predicted octanol–water partition coefficient (Wildman–Crippen LogP) is 1.42. The molecule has 1 fully saturated rings. The minimum atomic E-state index is 0.451. The van der Waals surface area contributed by atoms with Gasteiger partial charge in [0.15, 0.2) is 5.82 Å². The number of piperazine rings is 1. The van der Waals surface area contributed by atoms with Gasteiger partial charge in [-0.3, -0.25) is 5.10 Å². The van der Waals surface area contributed by atoms with Gasteiger partial charge in [0.05, 0.1) is 5.01 Å². The fourth-order valence-electron chi connectivity index (χ4n) is 2.47. The molecule has 0 radical (unpaired) electrons. The van der Waals surface area contributed by atoms with Gasteiger partial charge in [0.1, 0.15) is 5.69 Å². The smallest absolute Gasteiger partial charge is 0.245 e. The molecule has 2 aromatic heterocycles. The third-order valence-corrected chi connectivity index (χ3v) is 3.95. The summed E-state index contributed by atoms with van der Waals surface area (Å²) in [5, 5.41) is 13.8. The van der Waals surface area contributed by atoms with Crippen molar-refractivity contribution in [3.05, 3.63) is 10.4 Å². The largest absolute Gasteiger partial charge is 0.336 e. The first-order chi connectivity index (χ1) is 9.11. The van der Waals surface area contributed by atoms with Crippen LogP contribution in [0.4, 0.5) is 5.95 Å². The lowest BCUT2D eigenvalue weighted by Gasteiger charge is -2.35. The Kier molecular flexibility index (Phi) is 3.24. The van der Waals surface area contributed by atoms with Crippen LogP contribution in [0.2, 0.25) is 0 Å². The van der Waals surface area contributed by atoms with Crippen molar-refractivity contribution in [1.82, 2.24) is 25.5 Å². The third kappa shape index (κ3) is 2.62. The summed E-state index contributed by atoms with van der Waals surface area (Å²) in [7, 11) is 0. The zero-order chi connectivity index (χ0) is 13.4. The van der Waals surface area contributed by atoms with Gasteiger partial charge < -0.3 is 10.2 Å². The van der Waals surface area contributed by atoms with E-state index in [4.69, 9.17) is 0 Å². The van der Waals surface area contributed by atoms with Crippen molar-refractivity contribution >= 4 is 17.3 Å². The van der Waals surface area contributed by atoms with E-state index in [1.807, 2.05) is 12.3 Å². The monoisotopic (exact) mass is 278 g/mol. The molecule has 2 aromatic rings. The number of nitrogens with one attached hydrogen (secondary N) is 2. The summed E-state index contributed by atoms with van der Waals surface area (Å²) in [5.74, 6) is 1.51. The van der Waals surface area contributed by atoms with Crippen LogP contribution < -0.4 is 10.2 Å². The molecule has 1 saturated heterocycles. The van der Waals surface area contributed by atoms with Gasteiger partial charge >= 0.3 is 0 Å². The van der Waals surface area contributed by atoms with E-state index < -0.39 is 0 Å². The van der Waals surface area contributed by atoms with Gasteiger partial charge in [-0.2, -0.15) is 4.98 Å². The first-order valence-corrected chi connectivity index (χ1v) is 7.35. The molecule has 0 amide bonds. The summed E-state index contributed by atoms with van der Waals surface area (Å²) in [6.45, 7) is 8.21. The van der Waals surface area contributed by atoms with E-state index >= 15 is 0 Å². The Labute approximate surface area is 116 Å². The van der Waals surface area contributed by atoms with Crippen molar-refractivity contribution in [2.24, 2.45) is 0 Å². The molecule has 102 valence electrons. The van der Waals surface area contributed by atoms with Crippen molar-refractivity contribution in [3.63, 3.8) is 0 Å². The molecule has 2 atom stereocenters. The molecule has 3 heterocycles. The van der Waals surface area contributed by atoms with Crippen LogP contribution in [-0.4, -0.2) is 45.3 Å². The van der Waals surface area contributed by atoms with E-state index in [-0.39, 0.29) is 0 Å². The molecule has 0 bridgehead atoms. The molecule has 7 heteroatoms. The zero-order valence-electron chi connectivity index (χ0n) is 11.3. The summed E-state index contributed by atoms with van der Waals surface area (Å²) in [6, 6.07) is 0.902. The fraction of sp³-hybridized carbons (Fsp3) is 0.583. The van der Waals surface area contributed by atoms with Gasteiger partial charge in [-0.1, -0.05) is 0 Å². The second-order valence-corrected chi connectivity index (χ2v) is 6.17. The van der Waals surface area contributed by atoms with Gasteiger partial charge in [0.25, 0.3) is 0 Å². The Hall–Kier alpha value is -1.47. The number of nitrogens with zero attached hydrogens (tertiary/aromatic N) is 4. The number of thiazole rings is 1. The fourth-order valence-corrected chi connectivity index (χ4v) is 3.07. The lowest BCUT2D eigenvalue weighted by atomic mass is 10.1. The van der Waals surface area contributed by atoms with E-state index in [9.17, 15) is 0 Å². The average Bonchev–Trinajstić information content (AvgIpc) is 2.95. The SMILES string of the molecule is Cc1nc(-c2nc(N3CC(C)NC(C)C3)n[nH]2)cs1. The maximum absolute atomic E-state index is 4.56. The van der Waals surface area contributed by atoms with E-state index in [0.29, 0.717) is 12.1 Å². The summed E-state index contributed by atoms with van der Waals surface area (Å²) < 4.78 is 0. The number of aromatic nitrogens is 4. The number of hydrogen-bond donors (Lipinski definition) is 2. The molecule has 0 saturated carbocycles. The number of anilines is 1. The standard InChI is InChI=1S/C12H18N6S/c1-7-4-18(5-8(2)13-7)12-15-11(16-17-12)10-6-19-9(3)14-10/h6-8,13H,4-5H2,1-3H3,(H,15,16,17). The molecular weight excluding hydrogens is 260 g/mol. The number of aryl methyl sites for hydroxylation is 1. The third-order valence-electron chi connectivity index (χ3n) is 3.18. The summed E-state index contributed by atoms with van der Waals surface area (Å²) in [4.78, 5) is 11.2. The summed E-state index contributed by atoms with van der Waals surface area (Å²) >= 11 is 1.62. The number of hydrogen-bond acceptors (Lipinski definition) is 6. The summed E-state index contributed by atoms with van der Waals surface area (Å²) in [5.41, 5.74) is 0.873. The van der Waals surface area contributed by atoms with Crippen LogP contribution >= 0.6 is 11.3 Å². The first-order valence-electron chi connectivity index (χ1n) is 6.47. The Bertz CT molecular complexity index is 552. The summed E-state index contributed by atoms with van der Waals surface area (Å²) in [6.07, 6.45) is 0. The Morgan fingerprint density at radius 2 is 2.00 bits per heavy atom. The molecule has 0 aromatic carbocycles. The molecule has 0 spiro atoms. The number of rotatable bonds is 2. The molecule has 6 nitrogen and oxygen atoms in total. The van der Waals surface area contributed by atoms with Crippen molar-refractivity contribution < 1.29 is 0 Å². The van der Waals surface area contributed by atoms with E-state index in [1.54, 1.807) is 11.3 Å². The molecule has 1 aliphatic rings. The highest BCUT2D eigenvalue weighted by atomic mass is 32.1. The first kappa shape index (κ1) is 12.6. The van der Waals surface area contributed by atoms with Gasteiger partial charge in [-0.05, 0) is 20.8 Å². The molecule has 1 aliphatic heterocycles. The Morgan fingerprint density at radius 1 is 1.26 bits per heavy atom. The molecule has 3 rings (SSSR count). The predicted molar refractivity (Wildman–Crippen MR) is 76.5 cm³/mol. The molecule has 19 heavy (non-hydrogen) atoms. The van der Waals surface area contributed by atoms with Crippen LogP contribution in [-0.2, 0) is 0 Å². The van der Waals surface area contributed by atoms with Gasteiger partial charge in [0.2, 0.25) is 5.95 Å². The van der Waals surface area contributed by atoms with Gasteiger partial charge in [0, 0.05) is 30.6 Å². The molecule has 2 unspecified atom stereocenters. The van der Waals surface area contributed by atoms with Crippen molar-refractivity contribution in [2.75, 3.05) is 18.0 Å². The van der Waals surface area contributed by atoms with E-state index in [0.717, 1.165) is 35.6 Å².